The number of hydrogen-bond donors (Lipinski definition) is 1. The maximum Gasteiger partial charge on any atom is 0.409 e. The number of carbonyl (C=O) groups is 1. The van der Waals surface area contributed by atoms with Gasteiger partial charge in [-0.25, -0.2) is 4.57 Å². The first-order valence-electron chi connectivity index (χ1n) is 6.67. The van der Waals surface area contributed by atoms with Gasteiger partial charge in [-0.3, -0.25) is 10.1 Å². The number of carbonyl (C=O) groups excluding carboxylic acids is 1. The molecule has 0 amide bonds. The predicted molar refractivity (Wildman–Crippen MR) is 84.1 cm³/mol. The summed E-state index contributed by atoms with van der Waals surface area (Å²) >= 11 is 2.93. The van der Waals surface area contributed by atoms with E-state index < -0.39 is 0 Å². The van der Waals surface area contributed by atoms with Crippen molar-refractivity contribution in [1.82, 2.24) is 5.32 Å². The largest absolute Gasteiger partial charge is 0.409 e. The summed E-state index contributed by atoms with van der Waals surface area (Å²) in [4.78, 5) is 11.6. The molecule has 2 aromatic rings. The minimum Gasteiger partial charge on any atom is -0.285 e. The molecule has 1 aromatic carbocycles. The van der Waals surface area contributed by atoms with Crippen molar-refractivity contribution < 1.29 is 9.36 Å². The lowest BCUT2D eigenvalue weighted by atomic mass is 10.2. The van der Waals surface area contributed by atoms with Crippen molar-refractivity contribution in [3.63, 3.8) is 0 Å². The van der Waals surface area contributed by atoms with Gasteiger partial charge in [0.25, 0.3) is 0 Å². The molecular formula is C14H15N4OS2+. The van der Waals surface area contributed by atoms with E-state index in [1.165, 1.54) is 23.1 Å². The molecule has 1 N–H and O–H groups in total. The molecule has 7 heteroatoms. The van der Waals surface area contributed by atoms with Crippen LogP contribution in [0.1, 0.15) is 6.42 Å². The lowest BCUT2D eigenvalue weighted by Crippen LogP contribution is -2.45. The molecule has 0 bridgehead atoms. The minimum absolute atomic E-state index is 0.0405. The average Bonchev–Trinajstić information content (AvgIpc) is 3.13. The maximum absolute atomic E-state index is 11.6. The SMILES string of the molecule is O=C1SCCC1NC[n+]1ccsc1/N=N/c1ccccc1. The number of aromatic nitrogens is 1. The number of hydrogen-bond acceptors (Lipinski definition) is 6. The quantitative estimate of drug-likeness (QED) is 0.681. The summed E-state index contributed by atoms with van der Waals surface area (Å²) in [5.41, 5.74) is 0.827. The molecule has 21 heavy (non-hydrogen) atoms. The molecular weight excluding hydrogens is 304 g/mol. The van der Waals surface area contributed by atoms with Crippen LogP contribution in [-0.4, -0.2) is 16.9 Å². The fourth-order valence-electron chi connectivity index (χ4n) is 1.98. The summed E-state index contributed by atoms with van der Waals surface area (Å²) in [7, 11) is 0. The van der Waals surface area contributed by atoms with E-state index in [0.717, 1.165) is 23.0 Å². The molecule has 3 rings (SSSR count). The fraction of sp³-hybridized carbons (Fsp3) is 0.286. The normalized spacial score (nSPS) is 18.7. The molecule has 1 saturated heterocycles. The molecule has 1 atom stereocenters. The molecule has 1 unspecified atom stereocenters. The van der Waals surface area contributed by atoms with Gasteiger partial charge in [0.05, 0.1) is 11.2 Å². The number of thioether (sulfide) groups is 1. The van der Waals surface area contributed by atoms with Crippen LogP contribution >= 0.6 is 23.1 Å². The van der Waals surface area contributed by atoms with Gasteiger partial charge >= 0.3 is 5.13 Å². The highest BCUT2D eigenvalue weighted by Gasteiger charge is 2.25. The zero-order valence-electron chi connectivity index (χ0n) is 11.3. The van der Waals surface area contributed by atoms with Crippen molar-refractivity contribution in [3.05, 3.63) is 41.9 Å². The van der Waals surface area contributed by atoms with E-state index >= 15 is 0 Å². The lowest BCUT2D eigenvalue weighted by molar-refractivity contribution is -0.685. The summed E-state index contributed by atoms with van der Waals surface area (Å²) in [5.74, 6) is 0.908. The van der Waals surface area contributed by atoms with Gasteiger partial charge < -0.3 is 0 Å². The molecule has 5 nitrogen and oxygen atoms in total. The highest BCUT2D eigenvalue weighted by molar-refractivity contribution is 8.14. The highest BCUT2D eigenvalue weighted by atomic mass is 32.2. The van der Waals surface area contributed by atoms with Crippen molar-refractivity contribution in [3.8, 4) is 0 Å². The molecule has 108 valence electrons. The van der Waals surface area contributed by atoms with E-state index in [4.69, 9.17) is 0 Å². The first-order chi connectivity index (χ1) is 10.3. The molecule has 1 aliphatic rings. The zero-order valence-corrected chi connectivity index (χ0v) is 12.9. The third-order valence-corrected chi connectivity index (χ3v) is 4.90. The third-order valence-electron chi connectivity index (χ3n) is 3.11. The molecule has 0 spiro atoms. The highest BCUT2D eigenvalue weighted by Crippen LogP contribution is 2.20. The number of nitrogens with one attached hydrogen (secondary N) is 1. The summed E-state index contributed by atoms with van der Waals surface area (Å²) in [6, 6.07) is 9.60. The first-order valence-corrected chi connectivity index (χ1v) is 8.53. The Balaban J connectivity index is 1.64. The van der Waals surface area contributed by atoms with Crippen molar-refractivity contribution in [2.75, 3.05) is 5.75 Å². The summed E-state index contributed by atoms with van der Waals surface area (Å²) in [6.45, 7) is 0.573. The maximum atomic E-state index is 11.6. The molecule has 2 heterocycles. The van der Waals surface area contributed by atoms with Crippen molar-refractivity contribution in [2.24, 2.45) is 10.2 Å². The van der Waals surface area contributed by atoms with Crippen LogP contribution in [0.15, 0.2) is 52.1 Å². The Bertz CT molecular complexity index is 641. The molecule has 0 aliphatic carbocycles. The molecule has 0 saturated carbocycles. The lowest BCUT2D eigenvalue weighted by Gasteiger charge is -2.07. The van der Waals surface area contributed by atoms with Gasteiger partial charge in [0.2, 0.25) is 5.12 Å². The Morgan fingerprint density at radius 2 is 2.14 bits per heavy atom. The Labute approximate surface area is 131 Å². The van der Waals surface area contributed by atoms with Crippen LogP contribution in [0.5, 0.6) is 0 Å². The first kappa shape index (κ1) is 14.4. The van der Waals surface area contributed by atoms with Gasteiger partial charge in [-0.2, -0.15) is 0 Å². The third kappa shape index (κ3) is 3.75. The van der Waals surface area contributed by atoms with E-state index in [-0.39, 0.29) is 11.2 Å². The monoisotopic (exact) mass is 319 g/mol. The Morgan fingerprint density at radius 1 is 1.29 bits per heavy atom. The molecule has 1 aliphatic heterocycles. The number of benzene rings is 1. The summed E-state index contributed by atoms with van der Waals surface area (Å²) in [5, 5.41) is 14.8. The average molecular weight is 319 g/mol. The van der Waals surface area contributed by atoms with Crippen molar-refractivity contribution >= 4 is 39.0 Å². The van der Waals surface area contributed by atoms with E-state index in [1.54, 1.807) is 0 Å². The second-order valence-electron chi connectivity index (χ2n) is 4.56. The number of thiazole rings is 1. The van der Waals surface area contributed by atoms with Gasteiger partial charge in [-0.15, -0.1) is 0 Å². The van der Waals surface area contributed by atoms with Gasteiger partial charge in [-0.05, 0) is 35.0 Å². The fourth-order valence-corrected chi connectivity index (χ4v) is 3.62. The second kappa shape index (κ2) is 6.93. The standard InChI is InChI=1S/C14H15N4OS2/c19-13-12(6-8-20-13)15-10-18-7-9-21-14(18)17-16-11-4-2-1-3-5-11/h1-5,7,9,12,15H,6,8,10H2/q+1. The van der Waals surface area contributed by atoms with Crippen LogP contribution in [0.25, 0.3) is 0 Å². The molecule has 1 fully saturated rings. The van der Waals surface area contributed by atoms with Crippen molar-refractivity contribution in [2.45, 2.75) is 19.1 Å². The van der Waals surface area contributed by atoms with Gasteiger partial charge in [0, 0.05) is 11.1 Å². The van der Waals surface area contributed by atoms with Crippen LogP contribution in [-0.2, 0) is 11.5 Å². The Morgan fingerprint density at radius 3 is 2.90 bits per heavy atom. The summed E-state index contributed by atoms with van der Waals surface area (Å²) < 4.78 is 1.97. The number of rotatable bonds is 5. The van der Waals surface area contributed by atoms with E-state index in [1.807, 2.05) is 46.5 Å². The second-order valence-corrected chi connectivity index (χ2v) is 6.53. The summed E-state index contributed by atoms with van der Waals surface area (Å²) in [6.07, 6.45) is 2.85. The van der Waals surface area contributed by atoms with E-state index in [9.17, 15) is 4.79 Å². The minimum atomic E-state index is -0.0405. The van der Waals surface area contributed by atoms with Crippen molar-refractivity contribution in [1.29, 1.82) is 0 Å². The molecule has 0 radical (unpaired) electrons. The predicted octanol–water partition coefficient (Wildman–Crippen LogP) is 3.03. The van der Waals surface area contributed by atoms with Crippen LogP contribution in [0.4, 0.5) is 10.8 Å². The van der Waals surface area contributed by atoms with Crippen LogP contribution < -0.4 is 9.88 Å². The van der Waals surface area contributed by atoms with E-state index in [0.29, 0.717) is 6.67 Å². The van der Waals surface area contributed by atoms with E-state index in [2.05, 4.69) is 15.5 Å². The zero-order chi connectivity index (χ0) is 14.5. The van der Waals surface area contributed by atoms with Crippen LogP contribution in [0.2, 0.25) is 0 Å². The topological polar surface area (TPSA) is 57.7 Å². The molecule has 1 aromatic heterocycles. The number of azo groups is 1. The van der Waals surface area contributed by atoms with Gasteiger partial charge in [0.15, 0.2) is 0 Å². The van der Waals surface area contributed by atoms with Crippen LogP contribution in [0.3, 0.4) is 0 Å². The van der Waals surface area contributed by atoms with Gasteiger partial charge in [-0.1, -0.05) is 30.0 Å². The Kier molecular flexibility index (Phi) is 4.74. The van der Waals surface area contributed by atoms with Gasteiger partial charge in [0.1, 0.15) is 18.6 Å². The Hall–Kier alpha value is -1.57. The number of nitrogens with zero attached hydrogens (tertiary/aromatic N) is 3. The smallest absolute Gasteiger partial charge is 0.285 e. The van der Waals surface area contributed by atoms with Crippen LogP contribution in [0, 0.1) is 0 Å².